The first-order valence-electron chi connectivity index (χ1n) is 6.97. The number of aromatic hydroxyl groups is 1. The number of phenols is 1. The van der Waals surface area contributed by atoms with E-state index in [9.17, 15) is 9.90 Å². The molecule has 19 heavy (non-hydrogen) atoms. The normalized spacial score (nSPS) is 18.3. The predicted octanol–water partition coefficient (Wildman–Crippen LogP) is 2.89. The largest absolute Gasteiger partial charge is 0.508 e. The zero-order valence-electron chi connectivity index (χ0n) is 11.4. The Hall–Kier alpha value is -1.77. The summed E-state index contributed by atoms with van der Waals surface area (Å²) >= 11 is 0. The lowest BCUT2D eigenvalue weighted by atomic mass is 10.1. The maximum Gasteiger partial charge on any atom is 0.246 e. The van der Waals surface area contributed by atoms with Gasteiger partial charge >= 0.3 is 0 Å². The molecule has 0 saturated carbocycles. The van der Waals surface area contributed by atoms with Crippen LogP contribution in [0.1, 0.15) is 31.7 Å². The van der Waals surface area contributed by atoms with Crippen molar-refractivity contribution in [2.45, 2.75) is 38.6 Å². The number of unbranched alkanes of at least 4 members (excludes halogenated alkanes) is 2. The van der Waals surface area contributed by atoms with Crippen LogP contribution in [0.15, 0.2) is 36.4 Å². The minimum absolute atomic E-state index is 0.125. The van der Waals surface area contributed by atoms with Crippen LogP contribution < -0.4 is 0 Å². The molecule has 1 amide bonds. The monoisotopic (exact) mass is 259 g/mol. The van der Waals surface area contributed by atoms with Crippen molar-refractivity contribution in [3.05, 3.63) is 42.0 Å². The number of rotatable bonds is 6. The van der Waals surface area contributed by atoms with Crippen molar-refractivity contribution in [2.75, 3.05) is 6.54 Å². The van der Waals surface area contributed by atoms with Gasteiger partial charge in [-0.05, 0) is 30.5 Å². The molecule has 2 rings (SSSR count). The van der Waals surface area contributed by atoms with Crippen molar-refractivity contribution in [1.29, 1.82) is 0 Å². The number of benzene rings is 1. The van der Waals surface area contributed by atoms with E-state index in [1.54, 1.807) is 18.2 Å². The molecule has 3 nitrogen and oxygen atoms in total. The molecule has 0 spiro atoms. The van der Waals surface area contributed by atoms with Gasteiger partial charge in [-0.25, -0.2) is 0 Å². The number of carbonyl (C=O) groups is 1. The molecule has 102 valence electrons. The quantitative estimate of drug-likeness (QED) is 0.798. The molecule has 1 unspecified atom stereocenters. The Labute approximate surface area is 114 Å². The lowest BCUT2D eigenvalue weighted by Gasteiger charge is -2.24. The Morgan fingerprint density at radius 2 is 1.95 bits per heavy atom. The molecule has 3 heteroatoms. The molecular weight excluding hydrogens is 238 g/mol. The number of carbonyl (C=O) groups excluding carboxylic acids is 1. The smallest absolute Gasteiger partial charge is 0.246 e. The molecule has 1 aliphatic rings. The maximum absolute atomic E-state index is 11.8. The highest BCUT2D eigenvalue weighted by atomic mass is 16.3. The second kappa shape index (κ2) is 6.41. The number of hydrogen-bond acceptors (Lipinski definition) is 2. The minimum atomic E-state index is 0.125. The molecule has 1 aliphatic heterocycles. The van der Waals surface area contributed by atoms with E-state index in [4.69, 9.17) is 0 Å². The Bertz CT molecular complexity index is 450. The standard InChI is InChI=1S/C16H21NO2/c1-2-3-4-11-17-14(7-10-16(17)19)12-13-5-8-15(18)9-6-13/h5-10,14,18H,2-4,11-12H2,1H3. The number of amides is 1. The molecule has 0 bridgehead atoms. The molecule has 0 saturated heterocycles. The van der Waals surface area contributed by atoms with Gasteiger partial charge in [-0.15, -0.1) is 0 Å². The van der Waals surface area contributed by atoms with E-state index in [1.807, 2.05) is 23.1 Å². The van der Waals surface area contributed by atoms with E-state index in [-0.39, 0.29) is 17.7 Å². The van der Waals surface area contributed by atoms with E-state index in [1.165, 1.54) is 0 Å². The predicted molar refractivity (Wildman–Crippen MR) is 76.0 cm³/mol. The van der Waals surface area contributed by atoms with Crippen molar-refractivity contribution < 1.29 is 9.90 Å². The number of hydrogen-bond donors (Lipinski definition) is 1. The van der Waals surface area contributed by atoms with Crippen LogP contribution in [0.5, 0.6) is 5.75 Å². The van der Waals surface area contributed by atoms with Crippen molar-refractivity contribution in [1.82, 2.24) is 4.90 Å². The fourth-order valence-electron chi connectivity index (χ4n) is 2.42. The maximum atomic E-state index is 11.8. The van der Waals surface area contributed by atoms with Crippen LogP contribution in [0.25, 0.3) is 0 Å². The second-order valence-electron chi connectivity index (χ2n) is 5.04. The lowest BCUT2D eigenvalue weighted by Crippen LogP contribution is -2.36. The third kappa shape index (κ3) is 3.60. The average molecular weight is 259 g/mol. The van der Waals surface area contributed by atoms with Crippen LogP contribution in [0.2, 0.25) is 0 Å². The molecule has 1 atom stereocenters. The summed E-state index contributed by atoms with van der Waals surface area (Å²) in [5.74, 6) is 0.404. The Morgan fingerprint density at radius 1 is 1.21 bits per heavy atom. The van der Waals surface area contributed by atoms with Crippen molar-refractivity contribution in [3.8, 4) is 5.75 Å². The molecule has 1 N–H and O–H groups in total. The summed E-state index contributed by atoms with van der Waals surface area (Å²) in [5.41, 5.74) is 1.14. The SMILES string of the molecule is CCCCCN1C(=O)C=CC1Cc1ccc(O)cc1. The van der Waals surface area contributed by atoms with Crippen LogP contribution in [0.3, 0.4) is 0 Å². The fraction of sp³-hybridized carbons (Fsp3) is 0.438. The molecule has 1 aromatic carbocycles. The summed E-state index contributed by atoms with van der Waals surface area (Å²) in [5, 5.41) is 9.28. The van der Waals surface area contributed by atoms with E-state index in [2.05, 4.69) is 6.92 Å². The molecule has 1 aromatic rings. The third-order valence-corrected chi connectivity index (χ3v) is 3.53. The Kier molecular flexibility index (Phi) is 4.61. The molecule has 0 aliphatic carbocycles. The summed E-state index contributed by atoms with van der Waals surface area (Å²) in [6.07, 6.45) is 7.87. The van der Waals surface area contributed by atoms with Crippen LogP contribution >= 0.6 is 0 Å². The molecule has 1 heterocycles. The fourth-order valence-corrected chi connectivity index (χ4v) is 2.42. The first-order chi connectivity index (χ1) is 9.20. The van der Waals surface area contributed by atoms with Crippen LogP contribution in [0, 0.1) is 0 Å². The van der Waals surface area contributed by atoms with Gasteiger partial charge in [-0.1, -0.05) is 38.0 Å². The van der Waals surface area contributed by atoms with Gasteiger partial charge in [0.15, 0.2) is 0 Å². The van der Waals surface area contributed by atoms with Gasteiger partial charge in [0.05, 0.1) is 6.04 Å². The molecule has 0 fully saturated rings. The van der Waals surface area contributed by atoms with Crippen LogP contribution in [-0.4, -0.2) is 28.5 Å². The molecule has 0 radical (unpaired) electrons. The van der Waals surface area contributed by atoms with Gasteiger partial charge in [0.2, 0.25) is 5.91 Å². The van der Waals surface area contributed by atoms with E-state index >= 15 is 0 Å². The second-order valence-corrected chi connectivity index (χ2v) is 5.04. The van der Waals surface area contributed by atoms with E-state index in [0.717, 1.165) is 37.8 Å². The van der Waals surface area contributed by atoms with Gasteiger partial charge < -0.3 is 10.0 Å². The summed E-state index contributed by atoms with van der Waals surface area (Å²) in [6.45, 7) is 3.00. The minimum Gasteiger partial charge on any atom is -0.508 e. The highest BCUT2D eigenvalue weighted by molar-refractivity contribution is 5.90. The lowest BCUT2D eigenvalue weighted by molar-refractivity contribution is -0.126. The van der Waals surface area contributed by atoms with Crippen molar-refractivity contribution >= 4 is 5.91 Å². The first-order valence-corrected chi connectivity index (χ1v) is 6.97. The summed E-state index contributed by atoms with van der Waals surface area (Å²) in [6, 6.07) is 7.37. The zero-order valence-corrected chi connectivity index (χ0v) is 11.4. The van der Waals surface area contributed by atoms with Gasteiger partial charge in [0.25, 0.3) is 0 Å². The van der Waals surface area contributed by atoms with Gasteiger partial charge in [0, 0.05) is 12.6 Å². The summed E-state index contributed by atoms with van der Waals surface area (Å²) in [4.78, 5) is 13.8. The van der Waals surface area contributed by atoms with Crippen molar-refractivity contribution in [3.63, 3.8) is 0 Å². The number of nitrogens with zero attached hydrogens (tertiary/aromatic N) is 1. The van der Waals surface area contributed by atoms with Gasteiger partial charge in [-0.2, -0.15) is 0 Å². The third-order valence-electron chi connectivity index (χ3n) is 3.53. The van der Waals surface area contributed by atoms with Crippen LogP contribution in [0.4, 0.5) is 0 Å². The van der Waals surface area contributed by atoms with E-state index < -0.39 is 0 Å². The van der Waals surface area contributed by atoms with Crippen LogP contribution in [-0.2, 0) is 11.2 Å². The first kappa shape index (κ1) is 13.7. The topological polar surface area (TPSA) is 40.5 Å². The molecular formula is C16H21NO2. The van der Waals surface area contributed by atoms with Crippen molar-refractivity contribution in [2.24, 2.45) is 0 Å². The number of phenolic OH excluding ortho intramolecular Hbond substituents is 1. The highest BCUT2D eigenvalue weighted by Crippen LogP contribution is 2.19. The highest BCUT2D eigenvalue weighted by Gasteiger charge is 2.25. The molecule has 0 aromatic heterocycles. The Balaban J connectivity index is 1.95. The average Bonchev–Trinajstić information content (AvgIpc) is 2.74. The zero-order chi connectivity index (χ0) is 13.7. The van der Waals surface area contributed by atoms with E-state index in [0.29, 0.717) is 0 Å². The van der Waals surface area contributed by atoms with Gasteiger partial charge in [0.1, 0.15) is 5.75 Å². The van der Waals surface area contributed by atoms with Gasteiger partial charge in [-0.3, -0.25) is 4.79 Å². The Morgan fingerprint density at radius 3 is 2.63 bits per heavy atom. The summed E-state index contributed by atoms with van der Waals surface area (Å²) < 4.78 is 0. The summed E-state index contributed by atoms with van der Waals surface area (Å²) in [7, 11) is 0.